The number of hydrogen-bond acceptors (Lipinski definition) is 3. The van der Waals surface area contributed by atoms with Crippen LogP contribution in [-0.2, 0) is 10.0 Å². The molecule has 1 N–H and O–H groups in total. The fourth-order valence-corrected chi connectivity index (χ4v) is 2.70. The van der Waals surface area contributed by atoms with Crippen molar-refractivity contribution in [2.24, 2.45) is 0 Å². The zero-order valence-electron chi connectivity index (χ0n) is 12.9. The zero-order chi connectivity index (χ0) is 16.9. The van der Waals surface area contributed by atoms with E-state index in [1.165, 1.54) is 0 Å². The van der Waals surface area contributed by atoms with Gasteiger partial charge >= 0.3 is 0 Å². The van der Waals surface area contributed by atoms with Gasteiger partial charge in [-0.1, -0.05) is 35.9 Å². The van der Waals surface area contributed by atoms with Crippen molar-refractivity contribution >= 4 is 39.5 Å². The fraction of sp³-hybridized carbons (Fsp3) is 0.176. The Morgan fingerprint density at radius 2 is 1.83 bits per heavy atom. The maximum absolute atomic E-state index is 11.7. The first-order chi connectivity index (χ1) is 10.9. The van der Waals surface area contributed by atoms with Gasteiger partial charge in [0.15, 0.2) is 0 Å². The van der Waals surface area contributed by atoms with E-state index in [2.05, 4.69) is 4.72 Å². The Morgan fingerprint density at radius 1 is 1.13 bits per heavy atom. The third kappa shape index (κ3) is 5.01. The van der Waals surface area contributed by atoms with Gasteiger partial charge in [-0.2, -0.15) is 0 Å². The summed E-state index contributed by atoms with van der Waals surface area (Å²) in [6.45, 7) is 1.59. The van der Waals surface area contributed by atoms with E-state index in [0.717, 1.165) is 11.1 Å². The summed E-state index contributed by atoms with van der Waals surface area (Å²) in [6, 6.07) is 12.6. The molecule has 2 aromatic rings. The first-order valence-corrected chi connectivity index (χ1v) is 9.08. The number of sulfonamides is 1. The summed E-state index contributed by atoms with van der Waals surface area (Å²) in [4.78, 5) is 0. The number of hydrogen-bond donors (Lipinski definition) is 1. The van der Waals surface area contributed by atoms with E-state index in [9.17, 15) is 8.42 Å². The SMILES string of the molecule is CCS(=O)(=O)Nc1ccc(OC)c(C=Cc2ccc(Cl)cc2)c1. The molecule has 0 amide bonds. The Kier molecular flexibility index (Phi) is 5.69. The highest BCUT2D eigenvalue weighted by Gasteiger charge is 2.08. The number of rotatable bonds is 6. The lowest BCUT2D eigenvalue weighted by Crippen LogP contribution is -2.14. The van der Waals surface area contributed by atoms with Crippen LogP contribution in [-0.4, -0.2) is 21.3 Å². The maximum Gasteiger partial charge on any atom is 0.232 e. The summed E-state index contributed by atoms with van der Waals surface area (Å²) >= 11 is 5.86. The third-order valence-electron chi connectivity index (χ3n) is 3.21. The average Bonchev–Trinajstić information content (AvgIpc) is 2.54. The standard InChI is InChI=1S/C17H18ClNO3S/c1-3-23(20,21)19-16-10-11-17(22-2)14(12-16)7-4-13-5-8-15(18)9-6-13/h4-12,19H,3H2,1-2H3. The van der Waals surface area contributed by atoms with Crippen LogP contribution in [0, 0.1) is 0 Å². The molecule has 0 bridgehead atoms. The minimum absolute atomic E-state index is 0.0228. The largest absolute Gasteiger partial charge is 0.496 e. The van der Waals surface area contributed by atoms with Gasteiger partial charge in [-0.05, 0) is 42.8 Å². The molecule has 0 spiro atoms. The van der Waals surface area contributed by atoms with Gasteiger partial charge in [-0.3, -0.25) is 4.72 Å². The Bertz CT molecular complexity index is 799. The smallest absolute Gasteiger partial charge is 0.232 e. The lowest BCUT2D eigenvalue weighted by Gasteiger charge is -2.10. The van der Waals surface area contributed by atoms with E-state index in [1.54, 1.807) is 32.2 Å². The number of anilines is 1. The number of ether oxygens (including phenoxy) is 1. The maximum atomic E-state index is 11.7. The molecule has 0 atom stereocenters. The van der Waals surface area contributed by atoms with Crippen LogP contribution in [0.25, 0.3) is 12.2 Å². The summed E-state index contributed by atoms with van der Waals surface area (Å²) in [5.41, 5.74) is 2.26. The molecule has 0 aliphatic heterocycles. The van der Waals surface area contributed by atoms with Crippen LogP contribution < -0.4 is 9.46 Å². The van der Waals surface area contributed by atoms with E-state index in [-0.39, 0.29) is 5.75 Å². The van der Waals surface area contributed by atoms with Gasteiger partial charge in [0.05, 0.1) is 12.9 Å². The number of benzene rings is 2. The monoisotopic (exact) mass is 351 g/mol. The molecule has 0 saturated heterocycles. The second kappa shape index (κ2) is 7.53. The van der Waals surface area contributed by atoms with Crippen molar-refractivity contribution in [1.82, 2.24) is 0 Å². The second-order valence-corrected chi connectivity index (χ2v) is 7.29. The molecule has 122 valence electrons. The quantitative estimate of drug-likeness (QED) is 0.790. The molecule has 0 fully saturated rings. The minimum atomic E-state index is -3.31. The Hall–Kier alpha value is -1.98. The normalized spacial score (nSPS) is 11.6. The topological polar surface area (TPSA) is 55.4 Å². The van der Waals surface area contributed by atoms with Crippen molar-refractivity contribution in [3.63, 3.8) is 0 Å². The number of nitrogens with one attached hydrogen (secondary N) is 1. The van der Waals surface area contributed by atoms with Crippen LogP contribution in [0.5, 0.6) is 5.75 Å². The van der Waals surface area contributed by atoms with Crippen LogP contribution in [0.4, 0.5) is 5.69 Å². The van der Waals surface area contributed by atoms with E-state index in [0.29, 0.717) is 16.5 Å². The van der Waals surface area contributed by atoms with E-state index >= 15 is 0 Å². The van der Waals surface area contributed by atoms with Crippen LogP contribution in [0.2, 0.25) is 5.02 Å². The molecule has 0 radical (unpaired) electrons. The molecule has 2 rings (SSSR count). The lowest BCUT2D eigenvalue weighted by molar-refractivity contribution is 0.414. The van der Waals surface area contributed by atoms with Crippen molar-refractivity contribution in [2.45, 2.75) is 6.92 Å². The third-order valence-corrected chi connectivity index (χ3v) is 4.77. The van der Waals surface area contributed by atoms with Crippen molar-refractivity contribution in [3.05, 3.63) is 58.6 Å². The number of methoxy groups -OCH3 is 1. The molecule has 4 nitrogen and oxygen atoms in total. The van der Waals surface area contributed by atoms with E-state index in [4.69, 9.17) is 16.3 Å². The lowest BCUT2D eigenvalue weighted by atomic mass is 10.1. The van der Waals surface area contributed by atoms with E-state index < -0.39 is 10.0 Å². The highest BCUT2D eigenvalue weighted by atomic mass is 35.5. The predicted octanol–water partition coefficient (Wildman–Crippen LogP) is 4.28. The fourth-order valence-electron chi connectivity index (χ4n) is 1.94. The van der Waals surface area contributed by atoms with Crippen molar-refractivity contribution < 1.29 is 13.2 Å². The van der Waals surface area contributed by atoms with Gasteiger partial charge in [0.25, 0.3) is 0 Å². The van der Waals surface area contributed by atoms with E-state index in [1.807, 2.05) is 36.4 Å². The average molecular weight is 352 g/mol. The molecule has 6 heteroatoms. The van der Waals surface area contributed by atoms with Crippen LogP contribution in [0.3, 0.4) is 0 Å². The van der Waals surface area contributed by atoms with Gasteiger partial charge < -0.3 is 4.74 Å². The highest BCUT2D eigenvalue weighted by molar-refractivity contribution is 7.92. The first-order valence-electron chi connectivity index (χ1n) is 7.05. The molecule has 0 saturated carbocycles. The predicted molar refractivity (Wildman–Crippen MR) is 96.5 cm³/mol. The molecule has 0 unspecified atom stereocenters. The summed E-state index contributed by atoms with van der Waals surface area (Å²) in [7, 11) is -1.74. The Balaban J connectivity index is 2.30. The summed E-state index contributed by atoms with van der Waals surface area (Å²) < 4.78 is 31.2. The van der Waals surface area contributed by atoms with Gasteiger partial charge in [-0.25, -0.2) is 8.42 Å². The van der Waals surface area contributed by atoms with Crippen LogP contribution in [0.15, 0.2) is 42.5 Å². The van der Waals surface area contributed by atoms with Crippen LogP contribution >= 0.6 is 11.6 Å². The molecular weight excluding hydrogens is 334 g/mol. The number of halogens is 1. The first kappa shape index (κ1) is 17.4. The minimum Gasteiger partial charge on any atom is -0.496 e. The summed E-state index contributed by atoms with van der Waals surface area (Å²) in [5.74, 6) is 0.685. The molecular formula is C17H18ClNO3S. The van der Waals surface area contributed by atoms with Gasteiger partial charge in [0, 0.05) is 16.3 Å². The van der Waals surface area contributed by atoms with Crippen LogP contribution in [0.1, 0.15) is 18.1 Å². The van der Waals surface area contributed by atoms with Crippen molar-refractivity contribution in [3.8, 4) is 5.75 Å². The highest BCUT2D eigenvalue weighted by Crippen LogP contribution is 2.25. The second-order valence-electron chi connectivity index (χ2n) is 4.85. The van der Waals surface area contributed by atoms with Gasteiger partial charge in [-0.15, -0.1) is 0 Å². The molecule has 0 aliphatic rings. The molecule has 2 aromatic carbocycles. The molecule has 0 heterocycles. The molecule has 0 aromatic heterocycles. The van der Waals surface area contributed by atoms with Crippen molar-refractivity contribution in [1.29, 1.82) is 0 Å². The van der Waals surface area contributed by atoms with Gasteiger partial charge in [0.1, 0.15) is 5.75 Å². The van der Waals surface area contributed by atoms with Gasteiger partial charge in [0.2, 0.25) is 10.0 Å². The zero-order valence-corrected chi connectivity index (χ0v) is 14.5. The van der Waals surface area contributed by atoms with Crippen molar-refractivity contribution in [2.75, 3.05) is 17.6 Å². The Morgan fingerprint density at radius 3 is 2.43 bits per heavy atom. The molecule has 0 aliphatic carbocycles. The summed E-state index contributed by atoms with van der Waals surface area (Å²) in [6.07, 6.45) is 3.78. The Labute approximate surface area is 141 Å². The summed E-state index contributed by atoms with van der Waals surface area (Å²) in [5, 5.41) is 0.677. The molecule has 23 heavy (non-hydrogen) atoms.